The van der Waals surface area contributed by atoms with Gasteiger partial charge >= 0.3 is 0 Å². The van der Waals surface area contributed by atoms with Crippen molar-refractivity contribution in [3.05, 3.63) is 46.2 Å². The predicted octanol–water partition coefficient (Wildman–Crippen LogP) is 2.65. The molecule has 1 saturated heterocycles. The number of aromatic hydroxyl groups is 1. The van der Waals surface area contributed by atoms with Crippen molar-refractivity contribution in [2.24, 2.45) is 0 Å². The Morgan fingerprint density at radius 2 is 2.12 bits per heavy atom. The van der Waals surface area contributed by atoms with Gasteiger partial charge in [0.1, 0.15) is 5.75 Å². The van der Waals surface area contributed by atoms with Gasteiger partial charge < -0.3 is 15.3 Å². The molecule has 7 heteroatoms. The number of benzene rings is 1. The van der Waals surface area contributed by atoms with Crippen LogP contribution in [-0.4, -0.2) is 40.1 Å². The molecule has 1 atom stereocenters. The SMILES string of the molecule is Cc1cc(Br)c(O)c(C(=O)N[C@@H]2CCCN(c3ncccn3)C2)c1. The summed E-state index contributed by atoms with van der Waals surface area (Å²) in [5.41, 5.74) is 1.20. The number of hydrogen-bond donors (Lipinski definition) is 2. The van der Waals surface area contributed by atoms with Gasteiger partial charge in [-0.25, -0.2) is 9.97 Å². The minimum atomic E-state index is -0.266. The lowest BCUT2D eigenvalue weighted by Crippen LogP contribution is -2.48. The number of piperidine rings is 1. The van der Waals surface area contributed by atoms with Gasteiger partial charge in [0.2, 0.25) is 5.95 Å². The smallest absolute Gasteiger partial charge is 0.255 e. The zero-order chi connectivity index (χ0) is 17.1. The van der Waals surface area contributed by atoms with Crippen LogP contribution in [0.5, 0.6) is 5.75 Å². The number of carbonyl (C=O) groups excluding carboxylic acids is 1. The van der Waals surface area contributed by atoms with Crippen molar-refractivity contribution in [2.75, 3.05) is 18.0 Å². The van der Waals surface area contributed by atoms with Gasteiger partial charge in [0.15, 0.2) is 0 Å². The maximum Gasteiger partial charge on any atom is 0.255 e. The Bertz CT molecular complexity index is 739. The van der Waals surface area contributed by atoms with E-state index in [4.69, 9.17) is 0 Å². The van der Waals surface area contributed by atoms with Crippen LogP contribution < -0.4 is 10.2 Å². The van der Waals surface area contributed by atoms with Crippen LogP contribution in [0.4, 0.5) is 5.95 Å². The van der Waals surface area contributed by atoms with Crippen LogP contribution in [0.2, 0.25) is 0 Å². The number of anilines is 1. The van der Waals surface area contributed by atoms with E-state index in [9.17, 15) is 9.90 Å². The first-order chi connectivity index (χ1) is 11.5. The standard InChI is InChI=1S/C17H19BrN4O2/c1-11-8-13(15(23)14(18)9-11)16(24)21-12-4-2-7-22(10-12)17-19-5-3-6-20-17/h3,5-6,8-9,12,23H,2,4,7,10H2,1H3,(H,21,24)/t12-/m1/s1. The van der Waals surface area contributed by atoms with Gasteiger partial charge in [-0.15, -0.1) is 0 Å². The molecule has 1 aromatic carbocycles. The van der Waals surface area contributed by atoms with Gasteiger partial charge in [-0.1, -0.05) is 0 Å². The van der Waals surface area contributed by atoms with Gasteiger partial charge in [0.05, 0.1) is 10.0 Å². The molecule has 1 aromatic heterocycles. The van der Waals surface area contributed by atoms with E-state index in [2.05, 4.69) is 36.1 Å². The molecule has 2 N–H and O–H groups in total. The Hall–Kier alpha value is -2.15. The van der Waals surface area contributed by atoms with E-state index in [1.807, 2.05) is 6.92 Å². The monoisotopic (exact) mass is 390 g/mol. The summed E-state index contributed by atoms with van der Waals surface area (Å²) in [7, 11) is 0. The van der Waals surface area contributed by atoms with Crippen molar-refractivity contribution >= 4 is 27.8 Å². The van der Waals surface area contributed by atoms with Crippen LogP contribution in [0.1, 0.15) is 28.8 Å². The number of aromatic nitrogens is 2. The fourth-order valence-electron chi connectivity index (χ4n) is 2.90. The van der Waals surface area contributed by atoms with E-state index in [-0.39, 0.29) is 23.3 Å². The molecule has 0 bridgehead atoms. The summed E-state index contributed by atoms with van der Waals surface area (Å²) in [6.45, 7) is 3.41. The summed E-state index contributed by atoms with van der Waals surface area (Å²) in [6, 6.07) is 5.25. The van der Waals surface area contributed by atoms with Crippen molar-refractivity contribution < 1.29 is 9.90 Å². The number of nitrogens with zero attached hydrogens (tertiary/aromatic N) is 3. The molecule has 2 aromatic rings. The first-order valence-corrected chi connectivity index (χ1v) is 8.66. The summed E-state index contributed by atoms with van der Waals surface area (Å²) in [6.07, 6.45) is 5.27. The van der Waals surface area contributed by atoms with Gasteiger partial charge in [-0.05, 0) is 59.5 Å². The van der Waals surface area contributed by atoms with Crippen LogP contribution >= 0.6 is 15.9 Å². The average molecular weight is 391 g/mol. The second-order valence-corrected chi connectivity index (χ2v) is 6.80. The highest BCUT2D eigenvalue weighted by atomic mass is 79.9. The van der Waals surface area contributed by atoms with E-state index < -0.39 is 0 Å². The van der Waals surface area contributed by atoms with Crippen molar-refractivity contribution in [3.63, 3.8) is 0 Å². The summed E-state index contributed by atoms with van der Waals surface area (Å²) < 4.78 is 0.524. The number of rotatable bonds is 3. The molecule has 24 heavy (non-hydrogen) atoms. The van der Waals surface area contributed by atoms with Gasteiger partial charge in [0, 0.05) is 31.5 Å². The van der Waals surface area contributed by atoms with E-state index in [1.54, 1.807) is 30.6 Å². The highest BCUT2D eigenvalue weighted by Crippen LogP contribution is 2.29. The molecule has 126 valence electrons. The fourth-order valence-corrected chi connectivity index (χ4v) is 3.48. The van der Waals surface area contributed by atoms with Crippen LogP contribution in [-0.2, 0) is 0 Å². The molecule has 1 amide bonds. The number of nitrogens with one attached hydrogen (secondary N) is 1. The molecular weight excluding hydrogens is 372 g/mol. The quantitative estimate of drug-likeness (QED) is 0.841. The second-order valence-electron chi connectivity index (χ2n) is 5.95. The molecule has 3 rings (SSSR count). The zero-order valence-electron chi connectivity index (χ0n) is 13.4. The lowest BCUT2D eigenvalue weighted by Gasteiger charge is -2.33. The molecule has 0 spiro atoms. The number of phenols is 1. The Morgan fingerprint density at radius 1 is 1.38 bits per heavy atom. The van der Waals surface area contributed by atoms with Crippen molar-refractivity contribution in [2.45, 2.75) is 25.8 Å². The zero-order valence-corrected chi connectivity index (χ0v) is 15.0. The molecule has 0 saturated carbocycles. The van der Waals surface area contributed by atoms with Crippen LogP contribution in [0.15, 0.2) is 35.1 Å². The van der Waals surface area contributed by atoms with E-state index in [0.717, 1.165) is 24.9 Å². The summed E-state index contributed by atoms with van der Waals surface area (Å²) >= 11 is 3.28. The summed E-state index contributed by atoms with van der Waals surface area (Å²) in [5, 5.41) is 13.1. The highest BCUT2D eigenvalue weighted by molar-refractivity contribution is 9.10. The topological polar surface area (TPSA) is 78.4 Å². The van der Waals surface area contributed by atoms with Crippen LogP contribution in [0.25, 0.3) is 0 Å². The number of amides is 1. The average Bonchev–Trinajstić information content (AvgIpc) is 2.59. The Balaban J connectivity index is 1.71. The lowest BCUT2D eigenvalue weighted by atomic mass is 10.0. The molecule has 0 aliphatic carbocycles. The normalized spacial score (nSPS) is 17.6. The van der Waals surface area contributed by atoms with Crippen LogP contribution in [0.3, 0.4) is 0 Å². The third-order valence-electron chi connectivity index (χ3n) is 4.04. The Labute approximate surface area is 149 Å². The van der Waals surface area contributed by atoms with Gasteiger partial charge in [-0.2, -0.15) is 0 Å². The van der Waals surface area contributed by atoms with Crippen molar-refractivity contribution in [3.8, 4) is 5.75 Å². The maximum absolute atomic E-state index is 12.5. The molecular formula is C17H19BrN4O2. The first kappa shape index (κ1) is 16.7. The Morgan fingerprint density at radius 3 is 2.88 bits per heavy atom. The van der Waals surface area contributed by atoms with Crippen LogP contribution in [0, 0.1) is 6.92 Å². The molecule has 1 aliphatic heterocycles. The largest absolute Gasteiger partial charge is 0.506 e. The third-order valence-corrected chi connectivity index (χ3v) is 4.65. The molecule has 1 fully saturated rings. The number of hydrogen-bond acceptors (Lipinski definition) is 5. The second kappa shape index (κ2) is 7.17. The number of aryl methyl sites for hydroxylation is 1. The minimum absolute atomic E-state index is 0.00579. The van der Waals surface area contributed by atoms with Crippen molar-refractivity contribution in [1.82, 2.24) is 15.3 Å². The van der Waals surface area contributed by atoms with E-state index in [1.165, 1.54) is 0 Å². The number of phenolic OH excluding ortho intramolecular Hbond substituents is 1. The number of halogens is 1. The predicted molar refractivity (Wildman–Crippen MR) is 95.3 cm³/mol. The van der Waals surface area contributed by atoms with E-state index in [0.29, 0.717) is 17.0 Å². The highest BCUT2D eigenvalue weighted by Gasteiger charge is 2.24. The lowest BCUT2D eigenvalue weighted by molar-refractivity contribution is 0.0930. The van der Waals surface area contributed by atoms with Gasteiger partial charge in [-0.3, -0.25) is 4.79 Å². The van der Waals surface area contributed by atoms with E-state index >= 15 is 0 Å². The molecule has 1 aliphatic rings. The maximum atomic E-state index is 12.5. The summed E-state index contributed by atoms with van der Waals surface area (Å²) in [5.74, 6) is 0.382. The Kier molecular flexibility index (Phi) is 4.99. The summed E-state index contributed by atoms with van der Waals surface area (Å²) in [4.78, 5) is 23.1. The molecule has 0 unspecified atom stereocenters. The van der Waals surface area contributed by atoms with Gasteiger partial charge in [0.25, 0.3) is 5.91 Å². The minimum Gasteiger partial charge on any atom is -0.506 e. The third kappa shape index (κ3) is 3.67. The first-order valence-electron chi connectivity index (χ1n) is 7.86. The molecule has 2 heterocycles. The fraction of sp³-hybridized carbons (Fsp3) is 0.353. The molecule has 6 nitrogen and oxygen atoms in total. The number of carbonyl (C=O) groups is 1. The van der Waals surface area contributed by atoms with Crippen molar-refractivity contribution in [1.29, 1.82) is 0 Å². The molecule has 0 radical (unpaired) electrons.